The molecule has 0 bridgehead atoms. The van der Waals surface area contributed by atoms with E-state index < -0.39 is 0 Å². The Labute approximate surface area is 111 Å². The van der Waals surface area contributed by atoms with Crippen LogP contribution in [0.2, 0.25) is 0 Å². The number of hydrogen-bond acceptors (Lipinski definition) is 2. The van der Waals surface area contributed by atoms with Crippen LogP contribution in [0.25, 0.3) is 0 Å². The highest BCUT2D eigenvalue weighted by molar-refractivity contribution is 5.79. The van der Waals surface area contributed by atoms with E-state index in [1.807, 2.05) is 0 Å². The summed E-state index contributed by atoms with van der Waals surface area (Å²) in [4.78, 5) is 12.3. The van der Waals surface area contributed by atoms with Crippen molar-refractivity contribution in [1.82, 2.24) is 10.6 Å². The predicted molar refractivity (Wildman–Crippen MR) is 74.4 cm³/mol. The standard InChI is InChI=1S/C15H28N2O/c1-11-7-8-12(10-16-11)14(18)17-13-6-4-5-9-15(13,2)3/h11-13,16H,4-10H2,1-3H3,(H,17,18). The molecule has 2 fully saturated rings. The van der Waals surface area contributed by atoms with Crippen molar-refractivity contribution in [3.63, 3.8) is 0 Å². The summed E-state index contributed by atoms with van der Waals surface area (Å²) in [6.45, 7) is 7.62. The Kier molecular flexibility index (Phi) is 4.31. The molecule has 1 saturated carbocycles. The van der Waals surface area contributed by atoms with Gasteiger partial charge < -0.3 is 10.6 Å². The molecule has 0 aromatic heterocycles. The number of carbonyl (C=O) groups excluding carboxylic acids is 1. The summed E-state index contributed by atoms with van der Waals surface area (Å²) in [5.74, 6) is 0.452. The zero-order chi connectivity index (χ0) is 13.2. The lowest BCUT2D eigenvalue weighted by atomic mass is 9.73. The van der Waals surface area contributed by atoms with E-state index in [-0.39, 0.29) is 17.2 Å². The summed E-state index contributed by atoms with van der Waals surface area (Å²) in [6, 6.07) is 0.943. The first-order chi connectivity index (χ1) is 8.49. The van der Waals surface area contributed by atoms with Gasteiger partial charge in [0.15, 0.2) is 0 Å². The molecule has 1 heterocycles. The lowest BCUT2D eigenvalue weighted by Gasteiger charge is -2.40. The molecule has 2 rings (SSSR count). The molecule has 3 nitrogen and oxygen atoms in total. The molecule has 104 valence electrons. The minimum Gasteiger partial charge on any atom is -0.353 e. The number of carbonyl (C=O) groups is 1. The van der Waals surface area contributed by atoms with E-state index in [4.69, 9.17) is 0 Å². The highest BCUT2D eigenvalue weighted by Crippen LogP contribution is 2.35. The summed E-state index contributed by atoms with van der Waals surface area (Å²) in [6.07, 6.45) is 7.10. The molecule has 2 N–H and O–H groups in total. The fraction of sp³-hybridized carbons (Fsp3) is 0.933. The second kappa shape index (κ2) is 5.60. The fourth-order valence-electron chi connectivity index (χ4n) is 3.27. The summed E-state index contributed by atoms with van der Waals surface area (Å²) < 4.78 is 0. The van der Waals surface area contributed by atoms with Crippen LogP contribution in [0.15, 0.2) is 0 Å². The van der Waals surface area contributed by atoms with Gasteiger partial charge in [-0.3, -0.25) is 4.79 Å². The second-order valence-corrected chi connectivity index (χ2v) is 6.88. The maximum Gasteiger partial charge on any atom is 0.224 e. The second-order valence-electron chi connectivity index (χ2n) is 6.88. The Morgan fingerprint density at radius 3 is 2.61 bits per heavy atom. The minimum absolute atomic E-state index is 0.180. The quantitative estimate of drug-likeness (QED) is 0.792. The monoisotopic (exact) mass is 252 g/mol. The highest BCUT2D eigenvalue weighted by atomic mass is 16.2. The van der Waals surface area contributed by atoms with Gasteiger partial charge in [0, 0.05) is 18.6 Å². The fourth-order valence-corrected chi connectivity index (χ4v) is 3.27. The van der Waals surface area contributed by atoms with Crippen molar-refractivity contribution < 1.29 is 4.79 Å². The average Bonchev–Trinajstić information content (AvgIpc) is 2.32. The van der Waals surface area contributed by atoms with Crippen molar-refractivity contribution in [2.24, 2.45) is 11.3 Å². The van der Waals surface area contributed by atoms with Gasteiger partial charge in [0.25, 0.3) is 0 Å². The third kappa shape index (κ3) is 3.25. The van der Waals surface area contributed by atoms with Gasteiger partial charge in [-0.1, -0.05) is 26.7 Å². The van der Waals surface area contributed by atoms with Crippen molar-refractivity contribution in [3.05, 3.63) is 0 Å². The molecule has 18 heavy (non-hydrogen) atoms. The molecular weight excluding hydrogens is 224 g/mol. The van der Waals surface area contributed by atoms with Crippen molar-refractivity contribution in [2.75, 3.05) is 6.54 Å². The van der Waals surface area contributed by atoms with Crippen LogP contribution in [0.3, 0.4) is 0 Å². The smallest absolute Gasteiger partial charge is 0.224 e. The molecule has 0 aromatic rings. The van der Waals surface area contributed by atoms with Crippen LogP contribution in [-0.2, 0) is 4.79 Å². The number of hydrogen-bond donors (Lipinski definition) is 2. The van der Waals surface area contributed by atoms with E-state index in [0.29, 0.717) is 12.1 Å². The SMILES string of the molecule is CC1CCC(C(=O)NC2CCCCC2(C)C)CN1. The molecule has 3 unspecified atom stereocenters. The van der Waals surface area contributed by atoms with Crippen LogP contribution in [0, 0.1) is 11.3 Å². The summed E-state index contributed by atoms with van der Waals surface area (Å²) in [5, 5.41) is 6.72. The molecule has 1 saturated heterocycles. The molecule has 2 aliphatic rings. The van der Waals surface area contributed by atoms with Gasteiger partial charge in [-0.15, -0.1) is 0 Å². The van der Waals surface area contributed by atoms with Crippen LogP contribution in [-0.4, -0.2) is 24.5 Å². The molecule has 3 atom stereocenters. The Morgan fingerprint density at radius 1 is 1.22 bits per heavy atom. The predicted octanol–water partition coefficient (Wildman–Crippen LogP) is 2.46. The van der Waals surface area contributed by atoms with Crippen LogP contribution in [0.5, 0.6) is 0 Å². The van der Waals surface area contributed by atoms with Gasteiger partial charge in [0.1, 0.15) is 0 Å². The van der Waals surface area contributed by atoms with Crippen molar-refractivity contribution in [3.8, 4) is 0 Å². The molecule has 1 aliphatic heterocycles. The number of amides is 1. The third-order valence-corrected chi connectivity index (χ3v) is 4.86. The molecule has 0 radical (unpaired) electrons. The number of piperidine rings is 1. The highest BCUT2D eigenvalue weighted by Gasteiger charge is 2.35. The van der Waals surface area contributed by atoms with Gasteiger partial charge in [0.05, 0.1) is 5.92 Å². The molecule has 0 aromatic carbocycles. The molecule has 3 heteroatoms. The van der Waals surface area contributed by atoms with Crippen molar-refractivity contribution in [1.29, 1.82) is 0 Å². The first kappa shape index (κ1) is 13.9. The Morgan fingerprint density at radius 2 is 2.00 bits per heavy atom. The summed E-state index contributed by atoms with van der Waals surface area (Å²) >= 11 is 0. The third-order valence-electron chi connectivity index (χ3n) is 4.86. The number of nitrogens with one attached hydrogen (secondary N) is 2. The molecular formula is C15H28N2O. The first-order valence-corrected chi connectivity index (χ1v) is 7.53. The molecule has 0 spiro atoms. The Balaban J connectivity index is 1.86. The maximum absolute atomic E-state index is 12.3. The average molecular weight is 252 g/mol. The Hall–Kier alpha value is -0.570. The summed E-state index contributed by atoms with van der Waals surface area (Å²) in [5.41, 5.74) is 0.267. The van der Waals surface area contributed by atoms with Crippen LogP contribution in [0.4, 0.5) is 0 Å². The van der Waals surface area contributed by atoms with Crippen molar-refractivity contribution >= 4 is 5.91 Å². The Bertz CT molecular complexity index is 293. The van der Waals surface area contributed by atoms with Gasteiger partial charge in [-0.25, -0.2) is 0 Å². The minimum atomic E-state index is 0.180. The normalized spacial score (nSPS) is 36.1. The van der Waals surface area contributed by atoms with Gasteiger partial charge in [-0.2, -0.15) is 0 Å². The van der Waals surface area contributed by atoms with E-state index in [1.54, 1.807) is 0 Å². The topological polar surface area (TPSA) is 41.1 Å². The van der Waals surface area contributed by atoms with Crippen molar-refractivity contribution in [2.45, 2.75) is 71.4 Å². The number of rotatable bonds is 2. The van der Waals surface area contributed by atoms with Gasteiger partial charge in [0.2, 0.25) is 5.91 Å². The first-order valence-electron chi connectivity index (χ1n) is 7.53. The van der Waals surface area contributed by atoms with E-state index in [0.717, 1.165) is 25.8 Å². The van der Waals surface area contributed by atoms with E-state index in [9.17, 15) is 4.79 Å². The van der Waals surface area contributed by atoms with Crippen LogP contribution < -0.4 is 10.6 Å². The molecule has 1 amide bonds. The summed E-state index contributed by atoms with van der Waals surface area (Å²) in [7, 11) is 0. The zero-order valence-corrected chi connectivity index (χ0v) is 12.1. The van der Waals surface area contributed by atoms with E-state index in [1.165, 1.54) is 19.3 Å². The lowest BCUT2D eigenvalue weighted by molar-refractivity contribution is -0.127. The van der Waals surface area contributed by atoms with Crippen LogP contribution in [0.1, 0.15) is 59.3 Å². The van der Waals surface area contributed by atoms with E-state index >= 15 is 0 Å². The maximum atomic E-state index is 12.3. The van der Waals surface area contributed by atoms with E-state index in [2.05, 4.69) is 31.4 Å². The largest absolute Gasteiger partial charge is 0.353 e. The van der Waals surface area contributed by atoms with Crippen LogP contribution >= 0.6 is 0 Å². The molecule has 1 aliphatic carbocycles. The zero-order valence-electron chi connectivity index (χ0n) is 12.1. The van der Waals surface area contributed by atoms with Gasteiger partial charge in [-0.05, 0) is 38.0 Å². The lowest BCUT2D eigenvalue weighted by Crippen LogP contribution is -2.51. The van der Waals surface area contributed by atoms with Gasteiger partial charge >= 0.3 is 0 Å².